The summed E-state index contributed by atoms with van der Waals surface area (Å²) >= 11 is 0. The zero-order valence-electron chi connectivity index (χ0n) is 41.3. The first-order valence-corrected chi connectivity index (χ1v) is 30.8. The Labute approximate surface area is 393 Å². The van der Waals surface area contributed by atoms with Crippen LogP contribution in [0.1, 0.15) is 231 Å². The van der Waals surface area contributed by atoms with Crippen molar-refractivity contribution in [2.24, 2.45) is 94.7 Å². The van der Waals surface area contributed by atoms with Crippen molar-refractivity contribution in [3.8, 4) is 0 Å². The molecule has 4 heterocycles. The monoisotopic (exact) mass is 877 g/mol. The summed E-state index contributed by atoms with van der Waals surface area (Å²) in [7, 11) is 0. The van der Waals surface area contributed by atoms with E-state index in [-0.39, 0.29) is 0 Å². The fourth-order valence-electron chi connectivity index (χ4n) is 22.7. The summed E-state index contributed by atoms with van der Waals surface area (Å²) in [5.41, 5.74) is 0. The van der Waals surface area contributed by atoms with Crippen molar-refractivity contribution in [3.05, 3.63) is 0 Å². The molecule has 13 aliphatic rings. The molecule has 8 bridgehead atoms. The molecule has 4 N–H and O–H groups in total. The Bertz CT molecular complexity index is 1230. The summed E-state index contributed by atoms with van der Waals surface area (Å²) < 4.78 is 0. The van der Waals surface area contributed by atoms with E-state index in [0.29, 0.717) is 0 Å². The van der Waals surface area contributed by atoms with Gasteiger partial charge in [-0.15, -0.1) is 0 Å². The van der Waals surface area contributed by atoms with Gasteiger partial charge in [-0.05, 0) is 146 Å². The number of nitrogens with one attached hydrogen (secondary N) is 4. The quantitative estimate of drug-likeness (QED) is 0.227. The van der Waals surface area contributed by atoms with Crippen molar-refractivity contribution in [3.63, 3.8) is 0 Å². The maximum absolute atomic E-state index is 5.09. The smallest absolute Gasteiger partial charge is 0.0147 e. The van der Waals surface area contributed by atoms with Crippen LogP contribution in [0, 0.1) is 94.7 Å². The minimum absolute atomic E-state index is 0.760. The molecule has 16 atom stereocenters. The maximum Gasteiger partial charge on any atom is 0.0147 e. The minimum atomic E-state index is 0.760. The van der Waals surface area contributed by atoms with E-state index in [9.17, 15) is 0 Å². The molecule has 13 fully saturated rings. The lowest BCUT2D eigenvalue weighted by molar-refractivity contribution is 0.0926. The molecule has 13 rings (SSSR count). The Hall–Kier alpha value is -0.160. The highest BCUT2D eigenvalue weighted by Gasteiger charge is 2.64. The molecule has 4 nitrogen and oxygen atoms in total. The highest BCUT2D eigenvalue weighted by Crippen LogP contribution is 2.60. The second kappa shape index (κ2) is 19.2. The largest absolute Gasteiger partial charge is 0.310 e. The lowest BCUT2D eigenvalue weighted by atomic mass is 9.60. The van der Waals surface area contributed by atoms with Gasteiger partial charge >= 0.3 is 0 Å². The number of hydrogen-bond acceptors (Lipinski definition) is 4. The molecule has 9 saturated carbocycles. The van der Waals surface area contributed by atoms with Gasteiger partial charge in [-0.3, -0.25) is 0 Å². The summed E-state index contributed by atoms with van der Waals surface area (Å²) in [5.74, 6) is 14.6. The van der Waals surface area contributed by atoms with Crippen LogP contribution in [-0.2, 0) is 0 Å². The lowest BCUT2D eigenvalue weighted by Gasteiger charge is -2.45. The van der Waals surface area contributed by atoms with E-state index in [1.54, 1.807) is 51.4 Å². The van der Waals surface area contributed by atoms with Crippen molar-refractivity contribution in [2.75, 3.05) is 0 Å². The van der Waals surface area contributed by atoms with Gasteiger partial charge in [-0.2, -0.15) is 0 Å². The first kappa shape index (κ1) is 43.8. The van der Waals surface area contributed by atoms with Gasteiger partial charge in [0.2, 0.25) is 0 Å². The Morgan fingerprint density at radius 2 is 0.297 bits per heavy atom. The van der Waals surface area contributed by atoms with Crippen LogP contribution in [0.25, 0.3) is 0 Å². The van der Waals surface area contributed by atoms with E-state index >= 15 is 0 Å². The summed E-state index contributed by atoms with van der Waals surface area (Å²) in [6.07, 6.45) is 54.9. The molecule has 4 heteroatoms. The van der Waals surface area contributed by atoms with Crippen molar-refractivity contribution in [1.82, 2.24) is 21.3 Å². The average molecular weight is 877 g/mol. The third kappa shape index (κ3) is 7.75. The van der Waals surface area contributed by atoms with Crippen LogP contribution in [0.2, 0.25) is 0 Å². The van der Waals surface area contributed by atoms with Crippen LogP contribution < -0.4 is 21.3 Å². The number of hydrogen-bond donors (Lipinski definition) is 4. The second-order valence-corrected chi connectivity index (χ2v) is 27.2. The molecule has 64 heavy (non-hydrogen) atoms. The molecule has 0 amide bonds. The topological polar surface area (TPSA) is 48.1 Å². The molecule has 9 aliphatic carbocycles. The first-order valence-electron chi connectivity index (χ1n) is 30.8. The molecule has 0 aromatic heterocycles. The van der Waals surface area contributed by atoms with E-state index in [0.717, 1.165) is 143 Å². The molecule has 16 unspecified atom stereocenters. The van der Waals surface area contributed by atoms with Crippen LogP contribution >= 0.6 is 0 Å². The fraction of sp³-hybridized carbons (Fsp3) is 1.00. The van der Waals surface area contributed by atoms with Crippen LogP contribution in [0.5, 0.6) is 0 Å². The Morgan fingerprint density at radius 1 is 0.156 bits per heavy atom. The zero-order chi connectivity index (χ0) is 42.1. The van der Waals surface area contributed by atoms with Gasteiger partial charge in [-0.1, -0.05) is 180 Å². The standard InChI is InChI=1S/C60H100N4/c1-5-21-37(22-6-1)49-53-41-29-13-15-31-43(41)55(61-53)50(38-23-7-2-8-24-38)57-45-33-17-19-35-47(45)59(63-57)52(40-27-11-4-12-28-40)60-48-36-20-18-34-46(48)58(64-60)51(39-25-9-3-10-26-39)56-44-32-16-14-30-42(44)54(49)62-56/h37-64H,1-36H2. The summed E-state index contributed by atoms with van der Waals surface area (Å²) in [6, 6.07) is 6.08. The summed E-state index contributed by atoms with van der Waals surface area (Å²) in [4.78, 5) is 0. The van der Waals surface area contributed by atoms with Gasteiger partial charge in [0.1, 0.15) is 0 Å². The second-order valence-electron chi connectivity index (χ2n) is 27.2. The Kier molecular flexibility index (Phi) is 13.2. The van der Waals surface area contributed by atoms with E-state index in [1.165, 1.54) is 180 Å². The fourth-order valence-corrected chi connectivity index (χ4v) is 22.7. The molecular weight excluding hydrogens is 777 g/mol. The minimum Gasteiger partial charge on any atom is -0.310 e. The highest BCUT2D eigenvalue weighted by molar-refractivity contribution is 5.19. The first-order chi connectivity index (χ1) is 31.8. The van der Waals surface area contributed by atoms with Crippen LogP contribution in [0.3, 0.4) is 0 Å². The number of rotatable bonds is 4. The molecule has 0 aromatic rings. The predicted molar refractivity (Wildman–Crippen MR) is 265 cm³/mol. The summed E-state index contributed by atoms with van der Waals surface area (Å²) in [6.45, 7) is 0. The van der Waals surface area contributed by atoms with E-state index in [2.05, 4.69) is 0 Å². The molecule has 4 aliphatic heterocycles. The van der Waals surface area contributed by atoms with E-state index in [1.807, 2.05) is 0 Å². The third-order valence-corrected chi connectivity index (χ3v) is 24.8. The zero-order valence-corrected chi connectivity index (χ0v) is 41.3. The molecule has 0 spiro atoms. The van der Waals surface area contributed by atoms with Gasteiger partial charge in [0.25, 0.3) is 0 Å². The van der Waals surface area contributed by atoms with Gasteiger partial charge in [-0.25, -0.2) is 0 Å². The predicted octanol–water partition coefficient (Wildman–Crippen LogP) is 13.4. The highest BCUT2D eigenvalue weighted by atomic mass is 15.2. The Morgan fingerprint density at radius 3 is 0.453 bits per heavy atom. The van der Waals surface area contributed by atoms with E-state index < -0.39 is 0 Å². The van der Waals surface area contributed by atoms with Gasteiger partial charge in [0, 0.05) is 48.3 Å². The molecule has 0 aromatic carbocycles. The molecule has 360 valence electrons. The van der Waals surface area contributed by atoms with Crippen molar-refractivity contribution < 1.29 is 0 Å². The van der Waals surface area contributed by atoms with Gasteiger partial charge in [0.15, 0.2) is 0 Å². The van der Waals surface area contributed by atoms with Crippen LogP contribution in [0.4, 0.5) is 0 Å². The molecular formula is C60H100N4. The summed E-state index contributed by atoms with van der Waals surface area (Å²) in [5, 5.41) is 20.4. The molecule has 0 radical (unpaired) electrons. The van der Waals surface area contributed by atoms with Crippen LogP contribution in [-0.4, -0.2) is 48.3 Å². The molecule has 4 saturated heterocycles. The van der Waals surface area contributed by atoms with Crippen molar-refractivity contribution >= 4 is 0 Å². The average Bonchev–Trinajstić information content (AvgIpc) is 4.14. The Balaban J connectivity index is 0.992. The SMILES string of the molecule is C1CCC(C2C3NC(C4CCCCC43)C(C3CCCCC3)C3NC(C4CCCCC43)C(C3CCCCC3)C3NC(C4CCCCC43)C(C3CCCCC3)C3NC2C2CCCCC23)CC1. The maximum atomic E-state index is 5.09. The lowest BCUT2D eigenvalue weighted by Crippen LogP contribution is -2.59. The van der Waals surface area contributed by atoms with Crippen molar-refractivity contribution in [1.29, 1.82) is 0 Å². The van der Waals surface area contributed by atoms with Crippen LogP contribution in [0.15, 0.2) is 0 Å². The van der Waals surface area contributed by atoms with Crippen molar-refractivity contribution in [2.45, 2.75) is 279 Å². The van der Waals surface area contributed by atoms with E-state index in [4.69, 9.17) is 21.3 Å². The van der Waals surface area contributed by atoms with Gasteiger partial charge < -0.3 is 21.3 Å². The normalized spacial score (nSPS) is 52.1. The third-order valence-electron chi connectivity index (χ3n) is 24.8. The van der Waals surface area contributed by atoms with Gasteiger partial charge in [0.05, 0.1) is 0 Å².